The molecule has 0 bridgehead atoms. The SMILES string of the molecule is C[C@@H](Oc1ccc(N)c(C(=N)c2ccc(N3CCC4(CCOC4)CC3)nc2)c1)c1c(Cl)cncc1Cl. The summed E-state index contributed by atoms with van der Waals surface area (Å²) in [6.07, 6.45) is 7.82. The number of benzene rings is 1. The summed E-state index contributed by atoms with van der Waals surface area (Å²) < 4.78 is 11.7. The van der Waals surface area contributed by atoms with Gasteiger partial charge in [0.1, 0.15) is 17.7 Å². The number of ether oxygens (including phenoxy) is 2. The lowest BCUT2D eigenvalue weighted by molar-refractivity contribution is 0.133. The Hall–Kier alpha value is -2.87. The van der Waals surface area contributed by atoms with E-state index in [1.165, 1.54) is 12.4 Å². The molecule has 7 nitrogen and oxygen atoms in total. The number of piperidine rings is 1. The van der Waals surface area contributed by atoms with Crippen molar-refractivity contribution in [3.05, 3.63) is 75.7 Å². The zero-order valence-corrected chi connectivity index (χ0v) is 21.6. The van der Waals surface area contributed by atoms with E-state index in [-0.39, 0.29) is 5.71 Å². The van der Waals surface area contributed by atoms with Crippen molar-refractivity contribution in [1.82, 2.24) is 9.97 Å². The summed E-state index contributed by atoms with van der Waals surface area (Å²) in [6.45, 7) is 5.58. The fourth-order valence-electron chi connectivity index (χ4n) is 5.03. The Balaban J connectivity index is 1.29. The Morgan fingerprint density at radius 1 is 1.11 bits per heavy atom. The molecule has 36 heavy (non-hydrogen) atoms. The molecular formula is C27H29Cl2N5O2. The number of nitrogen functional groups attached to an aromatic ring is 1. The first-order valence-corrected chi connectivity index (χ1v) is 12.8. The third-order valence-electron chi connectivity index (χ3n) is 7.27. The largest absolute Gasteiger partial charge is 0.486 e. The minimum absolute atomic E-state index is 0.283. The molecule has 3 aromatic rings. The van der Waals surface area contributed by atoms with Gasteiger partial charge in [0.25, 0.3) is 0 Å². The fourth-order valence-corrected chi connectivity index (χ4v) is 5.70. The highest BCUT2D eigenvalue weighted by Gasteiger charge is 2.38. The van der Waals surface area contributed by atoms with E-state index >= 15 is 0 Å². The van der Waals surface area contributed by atoms with Crippen LogP contribution in [0.15, 0.2) is 48.9 Å². The first kappa shape index (κ1) is 24.8. The zero-order chi connectivity index (χ0) is 25.3. The van der Waals surface area contributed by atoms with Gasteiger partial charge in [-0.1, -0.05) is 23.2 Å². The Kier molecular flexibility index (Phi) is 7.06. The summed E-state index contributed by atoms with van der Waals surface area (Å²) in [5.74, 6) is 1.49. The third kappa shape index (κ3) is 5.01. The number of hydrogen-bond acceptors (Lipinski definition) is 7. The molecular weight excluding hydrogens is 497 g/mol. The van der Waals surface area contributed by atoms with E-state index < -0.39 is 6.10 Å². The average molecular weight is 526 g/mol. The van der Waals surface area contributed by atoms with Gasteiger partial charge in [0, 0.05) is 60.7 Å². The average Bonchev–Trinajstić information content (AvgIpc) is 3.33. The van der Waals surface area contributed by atoms with Gasteiger partial charge in [0.05, 0.1) is 22.4 Å². The van der Waals surface area contributed by atoms with E-state index in [0.717, 1.165) is 51.4 Å². The predicted molar refractivity (Wildman–Crippen MR) is 144 cm³/mol. The van der Waals surface area contributed by atoms with E-state index in [1.807, 2.05) is 19.1 Å². The Morgan fingerprint density at radius 3 is 2.50 bits per heavy atom. The number of halogens is 2. The molecule has 1 atom stereocenters. The molecule has 3 N–H and O–H groups in total. The quantitative estimate of drug-likeness (QED) is 0.305. The standard InChI is InChI=1S/C27H29Cl2N5O2/c1-17(25-21(28)14-32-15-22(25)29)36-19-3-4-23(30)20(12-19)26(31)18-2-5-24(33-13-18)34-9-6-27(7-10-34)8-11-35-16-27/h2-5,12-15,17,31H,6-11,16,30H2,1H3/t17-/m1/s1. The van der Waals surface area contributed by atoms with E-state index in [2.05, 4.69) is 14.9 Å². The lowest BCUT2D eigenvalue weighted by Crippen LogP contribution is -2.40. The highest BCUT2D eigenvalue weighted by atomic mass is 35.5. The summed E-state index contributed by atoms with van der Waals surface area (Å²) in [5.41, 5.74) is 9.28. The normalized spacial score (nSPS) is 17.8. The summed E-state index contributed by atoms with van der Waals surface area (Å²) in [7, 11) is 0. The second-order valence-corrected chi connectivity index (χ2v) is 10.4. The molecule has 0 unspecified atom stereocenters. The number of aromatic nitrogens is 2. The lowest BCUT2D eigenvalue weighted by Gasteiger charge is -2.38. The van der Waals surface area contributed by atoms with Crippen LogP contribution in [0, 0.1) is 10.8 Å². The van der Waals surface area contributed by atoms with Crippen LogP contribution in [0.4, 0.5) is 11.5 Å². The maximum absolute atomic E-state index is 8.79. The van der Waals surface area contributed by atoms with Gasteiger partial charge in [-0.2, -0.15) is 0 Å². The van der Waals surface area contributed by atoms with Crippen LogP contribution < -0.4 is 15.4 Å². The van der Waals surface area contributed by atoms with Crippen molar-refractivity contribution in [1.29, 1.82) is 5.41 Å². The number of nitrogens with one attached hydrogen (secondary N) is 1. The second-order valence-electron chi connectivity index (χ2n) is 9.60. The Labute approximate surface area is 221 Å². The highest BCUT2D eigenvalue weighted by Crippen LogP contribution is 2.40. The van der Waals surface area contributed by atoms with Gasteiger partial charge in [-0.05, 0) is 61.9 Å². The first-order chi connectivity index (χ1) is 17.3. The molecule has 4 heterocycles. The third-order valence-corrected chi connectivity index (χ3v) is 7.88. The van der Waals surface area contributed by atoms with Gasteiger partial charge >= 0.3 is 0 Å². The summed E-state index contributed by atoms with van der Waals surface area (Å²) in [6, 6.07) is 9.18. The minimum Gasteiger partial charge on any atom is -0.486 e. The molecule has 9 heteroatoms. The van der Waals surface area contributed by atoms with Crippen LogP contribution in [0.25, 0.3) is 0 Å². The molecule has 0 saturated carbocycles. The summed E-state index contributed by atoms with van der Waals surface area (Å²) in [5, 5.41) is 9.66. The van der Waals surface area contributed by atoms with E-state index in [1.54, 1.807) is 24.4 Å². The number of pyridine rings is 2. The zero-order valence-electron chi connectivity index (χ0n) is 20.1. The van der Waals surface area contributed by atoms with E-state index in [9.17, 15) is 0 Å². The Morgan fingerprint density at radius 2 is 1.86 bits per heavy atom. The molecule has 2 aliphatic heterocycles. The molecule has 0 amide bonds. The predicted octanol–water partition coefficient (Wildman–Crippen LogP) is 5.93. The molecule has 2 aromatic heterocycles. The monoisotopic (exact) mass is 525 g/mol. The van der Waals surface area contributed by atoms with E-state index in [4.69, 9.17) is 43.8 Å². The van der Waals surface area contributed by atoms with Crippen LogP contribution in [0.2, 0.25) is 10.0 Å². The van der Waals surface area contributed by atoms with Crippen molar-refractivity contribution in [2.24, 2.45) is 5.41 Å². The van der Waals surface area contributed by atoms with Crippen LogP contribution in [-0.4, -0.2) is 42.0 Å². The minimum atomic E-state index is -0.418. The van der Waals surface area contributed by atoms with Gasteiger partial charge in [-0.25, -0.2) is 4.98 Å². The van der Waals surface area contributed by atoms with Gasteiger partial charge in [-0.15, -0.1) is 0 Å². The van der Waals surface area contributed by atoms with Crippen molar-refractivity contribution < 1.29 is 9.47 Å². The van der Waals surface area contributed by atoms with Crippen LogP contribution in [-0.2, 0) is 4.74 Å². The molecule has 0 aliphatic carbocycles. The van der Waals surface area contributed by atoms with Gasteiger partial charge in [-0.3, -0.25) is 10.4 Å². The first-order valence-electron chi connectivity index (χ1n) is 12.1. The fraction of sp³-hybridized carbons (Fsp3) is 0.370. The maximum atomic E-state index is 8.79. The summed E-state index contributed by atoms with van der Waals surface area (Å²) >= 11 is 12.6. The van der Waals surface area contributed by atoms with Crippen LogP contribution in [0.1, 0.15) is 49.0 Å². The van der Waals surface area contributed by atoms with Crippen molar-refractivity contribution >= 4 is 40.4 Å². The van der Waals surface area contributed by atoms with Crippen molar-refractivity contribution in [2.75, 3.05) is 36.9 Å². The maximum Gasteiger partial charge on any atom is 0.128 e. The van der Waals surface area contributed by atoms with Gasteiger partial charge < -0.3 is 20.1 Å². The molecule has 2 fully saturated rings. The molecule has 1 spiro atoms. The molecule has 0 radical (unpaired) electrons. The van der Waals surface area contributed by atoms with Crippen molar-refractivity contribution in [3.63, 3.8) is 0 Å². The number of rotatable bonds is 6. The highest BCUT2D eigenvalue weighted by molar-refractivity contribution is 6.35. The molecule has 188 valence electrons. The van der Waals surface area contributed by atoms with Crippen LogP contribution in [0.5, 0.6) is 5.75 Å². The molecule has 5 rings (SSSR count). The van der Waals surface area contributed by atoms with Gasteiger partial charge in [0.15, 0.2) is 0 Å². The smallest absolute Gasteiger partial charge is 0.128 e. The molecule has 1 aromatic carbocycles. The van der Waals surface area contributed by atoms with Crippen LogP contribution >= 0.6 is 23.2 Å². The number of anilines is 2. The van der Waals surface area contributed by atoms with Crippen molar-refractivity contribution in [3.8, 4) is 5.75 Å². The van der Waals surface area contributed by atoms with E-state index in [0.29, 0.717) is 43.6 Å². The lowest BCUT2D eigenvalue weighted by atomic mass is 9.78. The summed E-state index contributed by atoms with van der Waals surface area (Å²) in [4.78, 5) is 11.0. The molecule has 2 saturated heterocycles. The Bertz CT molecular complexity index is 1230. The van der Waals surface area contributed by atoms with Gasteiger partial charge in [0.2, 0.25) is 0 Å². The second kappa shape index (κ2) is 10.2. The number of nitrogens with zero attached hydrogens (tertiary/aromatic N) is 3. The number of hydrogen-bond donors (Lipinski definition) is 2. The van der Waals surface area contributed by atoms with Crippen LogP contribution in [0.3, 0.4) is 0 Å². The molecule has 2 aliphatic rings. The topological polar surface area (TPSA) is 97.4 Å². The van der Waals surface area contributed by atoms with Crippen molar-refractivity contribution in [2.45, 2.75) is 32.3 Å². The number of nitrogens with two attached hydrogens (primary N) is 1.